The molecule has 2 aromatic carbocycles. The molecule has 0 spiro atoms. The molecule has 3 aromatic rings. The molecule has 0 saturated heterocycles. The summed E-state index contributed by atoms with van der Waals surface area (Å²) in [6, 6.07) is 13.2. The summed E-state index contributed by atoms with van der Waals surface area (Å²) in [5, 5.41) is 8.89. The van der Waals surface area contributed by atoms with E-state index in [-0.39, 0.29) is 12.1 Å². The SMILES string of the molecule is N#Cc1ccc(F)c(Cn2c(=O)cnc3ccccc32)c1. The molecule has 0 atom stereocenters. The second kappa shape index (κ2) is 5.17. The van der Waals surface area contributed by atoms with Gasteiger partial charge in [-0.25, -0.2) is 9.37 Å². The number of halogens is 1. The number of hydrogen-bond donors (Lipinski definition) is 0. The Labute approximate surface area is 119 Å². The van der Waals surface area contributed by atoms with Crippen LogP contribution in [0.1, 0.15) is 11.1 Å². The summed E-state index contributed by atoms with van der Waals surface area (Å²) < 4.78 is 15.3. The first-order valence-electron chi connectivity index (χ1n) is 6.32. The first-order valence-corrected chi connectivity index (χ1v) is 6.32. The number of para-hydroxylation sites is 2. The lowest BCUT2D eigenvalue weighted by atomic mass is 10.1. The van der Waals surface area contributed by atoms with Gasteiger partial charge in [0.25, 0.3) is 5.56 Å². The highest BCUT2D eigenvalue weighted by atomic mass is 19.1. The quantitative estimate of drug-likeness (QED) is 0.724. The molecule has 3 rings (SSSR count). The molecule has 0 aliphatic rings. The Kier molecular flexibility index (Phi) is 3.20. The molecule has 1 heterocycles. The van der Waals surface area contributed by atoms with Gasteiger partial charge in [-0.15, -0.1) is 0 Å². The van der Waals surface area contributed by atoms with Crippen molar-refractivity contribution in [2.24, 2.45) is 0 Å². The monoisotopic (exact) mass is 279 g/mol. The summed E-state index contributed by atoms with van der Waals surface area (Å²) in [6.45, 7) is 0.0587. The van der Waals surface area contributed by atoms with Gasteiger partial charge in [-0.1, -0.05) is 12.1 Å². The van der Waals surface area contributed by atoms with Crippen molar-refractivity contribution in [3.8, 4) is 6.07 Å². The van der Waals surface area contributed by atoms with Gasteiger partial charge in [0.05, 0.1) is 35.4 Å². The van der Waals surface area contributed by atoms with Crippen molar-refractivity contribution in [2.45, 2.75) is 6.54 Å². The average molecular weight is 279 g/mol. The third-order valence-corrected chi connectivity index (χ3v) is 3.26. The second-order valence-corrected chi connectivity index (χ2v) is 4.59. The van der Waals surface area contributed by atoms with Crippen LogP contribution in [-0.4, -0.2) is 9.55 Å². The maximum absolute atomic E-state index is 13.9. The summed E-state index contributed by atoms with van der Waals surface area (Å²) in [4.78, 5) is 16.1. The minimum absolute atomic E-state index is 0.0587. The molecule has 4 nitrogen and oxygen atoms in total. The molecule has 1 aromatic heterocycles. The molecular formula is C16H10FN3O. The van der Waals surface area contributed by atoms with Crippen LogP contribution < -0.4 is 5.56 Å². The van der Waals surface area contributed by atoms with E-state index in [4.69, 9.17) is 5.26 Å². The Morgan fingerprint density at radius 3 is 2.86 bits per heavy atom. The summed E-state index contributed by atoms with van der Waals surface area (Å²) in [6.07, 6.45) is 1.22. The maximum Gasteiger partial charge on any atom is 0.269 e. The Morgan fingerprint density at radius 2 is 2.05 bits per heavy atom. The number of fused-ring (bicyclic) bond motifs is 1. The van der Waals surface area contributed by atoms with Crippen molar-refractivity contribution >= 4 is 11.0 Å². The van der Waals surface area contributed by atoms with Crippen molar-refractivity contribution in [3.05, 3.63) is 76.0 Å². The minimum atomic E-state index is -0.443. The van der Waals surface area contributed by atoms with Crippen molar-refractivity contribution < 1.29 is 4.39 Å². The molecule has 0 saturated carbocycles. The van der Waals surface area contributed by atoms with E-state index in [0.717, 1.165) is 0 Å². The number of benzene rings is 2. The zero-order chi connectivity index (χ0) is 14.8. The largest absolute Gasteiger partial charge is 0.301 e. The van der Waals surface area contributed by atoms with Gasteiger partial charge in [0.15, 0.2) is 0 Å². The van der Waals surface area contributed by atoms with Crippen LogP contribution >= 0.6 is 0 Å². The van der Waals surface area contributed by atoms with Crippen LogP contribution in [0.4, 0.5) is 4.39 Å². The third kappa shape index (κ3) is 2.39. The van der Waals surface area contributed by atoms with E-state index >= 15 is 0 Å². The highest BCUT2D eigenvalue weighted by Gasteiger charge is 2.09. The van der Waals surface area contributed by atoms with Crippen LogP contribution in [0.5, 0.6) is 0 Å². The zero-order valence-electron chi connectivity index (χ0n) is 11.0. The molecule has 21 heavy (non-hydrogen) atoms. The predicted molar refractivity (Wildman–Crippen MR) is 76.2 cm³/mol. The van der Waals surface area contributed by atoms with Gasteiger partial charge in [0, 0.05) is 5.56 Å². The van der Waals surface area contributed by atoms with E-state index in [1.165, 1.54) is 29.0 Å². The molecule has 0 unspecified atom stereocenters. The Bertz CT molecular complexity index is 925. The van der Waals surface area contributed by atoms with Crippen LogP contribution in [-0.2, 0) is 6.54 Å². The summed E-state index contributed by atoms with van der Waals surface area (Å²) >= 11 is 0. The Morgan fingerprint density at radius 1 is 1.24 bits per heavy atom. The summed E-state index contributed by atoms with van der Waals surface area (Å²) in [5.74, 6) is -0.443. The molecule has 0 aliphatic carbocycles. The Hall–Kier alpha value is -3.00. The lowest BCUT2D eigenvalue weighted by molar-refractivity contribution is 0.599. The van der Waals surface area contributed by atoms with Gasteiger partial charge in [0.1, 0.15) is 5.82 Å². The van der Waals surface area contributed by atoms with Crippen molar-refractivity contribution in [3.63, 3.8) is 0 Å². The van der Waals surface area contributed by atoms with Crippen LogP contribution in [0.2, 0.25) is 0 Å². The summed E-state index contributed by atoms with van der Waals surface area (Å²) in [7, 11) is 0. The van der Waals surface area contributed by atoms with E-state index in [0.29, 0.717) is 22.2 Å². The standard InChI is InChI=1S/C16H10FN3O/c17-13-6-5-11(8-18)7-12(13)10-20-15-4-2-1-3-14(15)19-9-16(20)21/h1-7,9H,10H2. The van der Waals surface area contributed by atoms with Crippen molar-refractivity contribution in [1.82, 2.24) is 9.55 Å². The normalized spacial score (nSPS) is 10.5. The smallest absolute Gasteiger partial charge is 0.269 e. The molecule has 0 bridgehead atoms. The number of nitrogens with zero attached hydrogens (tertiary/aromatic N) is 3. The van der Waals surface area contributed by atoms with Gasteiger partial charge in [0.2, 0.25) is 0 Å². The number of hydrogen-bond acceptors (Lipinski definition) is 3. The second-order valence-electron chi connectivity index (χ2n) is 4.59. The highest BCUT2D eigenvalue weighted by Crippen LogP contribution is 2.14. The number of aromatic nitrogens is 2. The fourth-order valence-electron chi connectivity index (χ4n) is 2.21. The maximum atomic E-state index is 13.9. The first kappa shape index (κ1) is 13.0. The van der Waals surface area contributed by atoms with Crippen LogP contribution in [0.25, 0.3) is 11.0 Å². The molecular weight excluding hydrogens is 269 g/mol. The van der Waals surface area contributed by atoms with Crippen LogP contribution in [0.15, 0.2) is 53.5 Å². The highest BCUT2D eigenvalue weighted by molar-refractivity contribution is 5.74. The van der Waals surface area contributed by atoms with Crippen molar-refractivity contribution in [2.75, 3.05) is 0 Å². The lowest BCUT2D eigenvalue weighted by Crippen LogP contribution is -2.21. The van der Waals surface area contributed by atoms with Crippen molar-refractivity contribution in [1.29, 1.82) is 5.26 Å². The fourth-order valence-corrected chi connectivity index (χ4v) is 2.21. The van der Waals surface area contributed by atoms with E-state index in [9.17, 15) is 9.18 Å². The van der Waals surface area contributed by atoms with Gasteiger partial charge >= 0.3 is 0 Å². The summed E-state index contributed by atoms with van der Waals surface area (Å²) in [5.41, 5.74) is 1.64. The van der Waals surface area contributed by atoms with E-state index in [1.54, 1.807) is 18.2 Å². The first-order chi connectivity index (χ1) is 10.2. The van der Waals surface area contributed by atoms with E-state index in [2.05, 4.69) is 4.98 Å². The van der Waals surface area contributed by atoms with Crippen LogP contribution in [0, 0.1) is 17.1 Å². The lowest BCUT2D eigenvalue weighted by Gasteiger charge is -2.10. The molecule has 0 aliphatic heterocycles. The molecule has 102 valence electrons. The van der Waals surface area contributed by atoms with Gasteiger partial charge in [-0.3, -0.25) is 4.79 Å². The zero-order valence-corrected chi connectivity index (χ0v) is 11.0. The Balaban J connectivity index is 2.17. The number of nitriles is 1. The van der Waals surface area contributed by atoms with E-state index in [1.807, 2.05) is 12.1 Å². The minimum Gasteiger partial charge on any atom is -0.301 e. The number of rotatable bonds is 2. The molecule has 0 N–H and O–H groups in total. The van der Waals surface area contributed by atoms with Gasteiger partial charge in [-0.05, 0) is 30.3 Å². The predicted octanol–water partition coefficient (Wildman–Crippen LogP) is 2.46. The molecule has 5 heteroatoms. The average Bonchev–Trinajstić information content (AvgIpc) is 2.52. The van der Waals surface area contributed by atoms with Gasteiger partial charge < -0.3 is 4.57 Å². The molecule has 0 amide bonds. The third-order valence-electron chi connectivity index (χ3n) is 3.26. The van der Waals surface area contributed by atoms with Gasteiger partial charge in [-0.2, -0.15) is 5.26 Å². The topological polar surface area (TPSA) is 58.7 Å². The molecule has 0 radical (unpaired) electrons. The van der Waals surface area contributed by atoms with Crippen LogP contribution in [0.3, 0.4) is 0 Å². The fraction of sp³-hybridized carbons (Fsp3) is 0.0625. The molecule has 0 fully saturated rings. The van der Waals surface area contributed by atoms with E-state index < -0.39 is 5.82 Å².